The molecule has 0 saturated heterocycles. The van der Waals surface area contributed by atoms with E-state index in [0.29, 0.717) is 24.8 Å². The first-order valence-corrected chi connectivity index (χ1v) is 10.0. The second-order valence-corrected chi connectivity index (χ2v) is 7.64. The van der Waals surface area contributed by atoms with Gasteiger partial charge in [-0.1, -0.05) is 11.6 Å². The molecule has 1 fully saturated rings. The Morgan fingerprint density at radius 3 is 2.67 bits per heavy atom. The second kappa shape index (κ2) is 10.5. The van der Waals surface area contributed by atoms with Gasteiger partial charge in [0.15, 0.2) is 5.02 Å². The number of nitrogens with zero attached hydrogens (tertiary/aromatic N) is 3. The summed E-state index contributed by atoms with van der Waals surface area (Å²) < 4.78 is 30.0. The molecule has 1 atom stereocenters. The van der Waals surface area contributed by atoms with Crippen LogP contribution in [0.1, 0.15) is 32.4 Å². The van der Waals surface area contributed by atoms with Gasteiger partial charge in [0.25, 0.3) is 0 Å². The van der Waals surface area contributed by atoms with Crippen LogP contribution < -0.4 is 14.8 Å². The molecule has 2 aromatic heterocycles. The van der Waals surface area contributed by atoms with Crippen LogP contribution in [0.2, 0.25) is 5.02 Å². The van der Waals surface area contributed by atoms with Gasteiger partial charge in [-0.05, 0) is 37.8 Å². The third-order valence-corrected chi connectivity index (χ3v) is 4.87. The molecule has 10 heteroatoms. The van der Waals surface area contributed by atoms with Crippen LogP contribution in [0.4, 0.5) is 4.39 Å². The van der Waals surface area contributed by atoms with Gasteiger partial charge in [0.1, 0.15) is 18.8 Å². The molecular weight excluding hydrogens is 415 g/mol. The van der Waals surface area contributed by atoms with Crippen molar-refractivity contribution >= 4 is 17.5 Å². The average molecular weight is 439 g/mol. The fraction of sp³-hybridized carbons (Fsp3) is 0.500. The highest BCUT2D eigenvalue weighted by atomic mass is 35.5. The Labute approximate surface area is 179 Å². The van der Waals surface area contributed by atoms with Crippen LogP contribution in [0.5, 0.6) is 11.8 Å². The van der Waals surface area contributed by atoms with E-state index in [-0.39, 0.29) is 41.4 Å². The predicted octanol–water partition coefficient (Wildman–Crippen LogP) is 2.94. The maximum atomic E-state index is 12.9. The minimum atomic E-state index is -0.416. The number of hydrogen-bond donors (Lipinski definition) is 1. The van der Waals surface area contributed by atoms with Crippen LogP contribution in [-0.2, 0) is 16.1 Å². The lowest BCUT2D eigenvalue weighted by Gasteiger charge is -2.35. The number of carbonyl (C=O) groups excluding carboxylic acids is 1. The fourth-order valence-electron chi connectivity index (χ4n) is 2.99. The molecule has 162 valence electrons. The zero-order valence-corrected chi connectivity index (χ0v) is 17.6. The lowest BCUT2D eigenvalue weighted by atomic mass is 9.83. The van der Waals surface area contributed by atoms with E-state index in [9.17, 15) is 9.18 Å². The van der Waals surface area contributed by atoms with Crippen molar-refractivity contribution in [3.63, 3.8) is 0 Å². The highest BCUT2D eigenvalue weighted by molar-refractivity contribution is 6.33. The summed E-state index contributed by atoms with van der Waals surface area (Å²) in [6, 6.07) is 2.81. The summed E-state index contributed by atoms with van der Waals surface area (Å²) in [6.45, 7) is 4.43. The fourth-order valence-corrected chi connectivity index (χ4v) is 3.19. The molecule has 1 saturated carbocycles. The molecule has 30 heavy (non-hydrogen) atoms. The first-order chi connectivity index (χ1) is 14.4. The van der Waals surface area contributed by atoms with Gasteiger partial charge in [0.2, 0.25) is 17.7 Å². The number of aromatic nitrogens is 3. The molecular formula is C20H24ClFN4O4. The maximum absolute atomic E-state index is 12.9. The number of amides is 1. The second-order valence-electron chi connectivity index (χ2n) is 7.26. The summed E-state index contributed by atoms with van der Waals surface area (Å²) >= 11 is 6.29. The Morgan fingerprint density at radius 2 is 2.00 bits per heavy atom. The Balaban J connectivity index is 1.40. The molecule has 1 amide bonds. The molecule has 0 radical (unpaired) electrons. The smallest absolute Gasteiger partial charge is 0.240 e. The molecule has 0 aromatic carbocycles. The molecule has 1 aliphatic carbocycles. The number of ether oxygens (including phenoxy) is 3. The van der Waals surface area contributed by atoms with Crippen molar-refractivity contribution in [2.24, 2.45) is 5.92 Å². The molecule has 0 bridgehead atoms. The third kappa shape index (κ3) is 6.50. The van der Waals surface area contributed by atoms with Crippen LogP contribution in [0.25, 0.3) is 0 Å². The monoisotopic (exact) mass is 438 g/mol. The van der Waals surface area contributed by atoms with Crippen molar-refractivity contribution in [1.29, 1.82) is 0 Å². The Bertz CT molecular complexity index is 849. The zero-order valence-electron chi connectivity index (χ0n) is 16.8. The summed E-state index contributed by atoms with van der Waals surface area (Å²) in [5.41, 5.74) is 0.543. The Hall–Kier alpha value is -2.52. The first-order valence-electron chi connectivity index (χ1n) is 9.66. The van der Waals surface area contributed by atoms with Crippen molar-refractivity contribution in [2.45, 2.75) is 45.4 Å². The Morgan fingerprint density at radius 1 is 1.27 bits per heavy atom. The molecule has 8 nitrogen and oxygen atoms in total. The van der Waals surface area contributed by atoms with Crippen molar-refractivity contribution < 1.29 is 23.4 Å². The van der Waals surface area contributed by atoms with E-state index >= 15 is 0 Å². The largest absolute Gasteiger partial charge is 0.476 e. The molecule has 2 heterocycles. The summed E-state index contributed by atoms with van der Waals surface area (Å²) in [5.74, 6) is 0.280. The predicted molar refractivity (Wildman–Crippen MR) is 107 cm³/mol. The van der Waals surface area contributed by atoms with Gasteiger partial charge in [-0.2, -0.15) is 0 Å². The standard InChI is InChI=1S/C20H24ClFN4O4/c1-12(26-13(2)27)8-28-17-5-14(6-17)9-29-19-18(21)20(25-11-24-19)30-10-16-4-3-15(22)7-23-16/h3-4,7,11-12,14,17H,5-6,8-10H2,1-2H3,(H,26,27)/t12-,14?,17?/m0/s1. The van der Waals surface area contributed by atoms with E-state index in [2.05, 4.69) is 20.3 Å². The number of hydrogen-bond acceptors (Lipinski definition) is 7. The van der Waals surface area contributed by atoms with Crippen molar-refractivity contribution in [3.05, 3.63) is 41.2 Å². The summed E-state index contributed by atoms with van der Waals surface area (Å²) in [6.07, 6.45) is 4.33. The molecule has 2 aromatic rings. The van der Waals surface area contributed by atoms with Gasteiger partial charge in [0.05, 0.1) is 31.2 Å². The van der Waals surface area contributed by atoms with Gasteiger partial charge < -0.3 is 19.5 Å². The van der Waals surface area contributed by atoms with Crippen molar-refractivity contribution in [1.82, 2.24) is 20.3 Å². The van der Waals surface area contributed by atoms with Crippen LogP contribution in [0.15, 0.2) is 24.7 Å². The van der Waals surface area contributed by atoms with Crippen LogP contribution in [0, 0.1) is 11.7 Å². The van der Waals surface area contributed by atoms with Crippen LogP contribution in [-0.4, -0.2) is 46.2 Å². The lowest BCUT2D eigenvalue weighted by Crippen LogP contribution is -2.40. The zero-order chi connectivity index (χ0) is 21.5. The topological polar surface area (TPSA) is 95.5 Å². The number of rotatable bonds is 10. The van der Waals surface area contributed by atoms with Gasteiger partial charge in [-0.3, -0.25) is 9.78 Å². The number of pyridine rings is 1. The molecule has 3 rings (SSSR count). The van der Waals surface area contributed by atoms with Crippen molar-refractivity contribution in [2.75, 3.05) is 13.2 Å². The minimum absolute atomic E-state index is 0.0128. The van der Waals surface area contributed by atoms with Crippen molar-refractivity contribution in [3.8, 4) is 11.8 Å². The van der Waals surface area contributed by atoms with E-state index in [1.165, 1.54) is 25.4 Å². The Kier molecular flexibility index (Phi) is 7.75. The van der Waals surface area contributed by atoms with Gasteiger partial charge in [-0.15, -0.1) is 0 Å². The average Bonchev–Trinajstić information content (AvgIpc) is 2.67. The van der Waals surface area contributed by atoms with Crippen LogP contribution in [0.3, 0.4) is 0 Å². The van der Waals surface area contributed by atoms with Gasteiger partial charge in [-0.25, -0.2) is 14.4 Å². The van der Waals surface area contributed by atoms with E-state index in [4.69, 9.17) is 25.8 Å². The highest BCUT2D eigenvalue weighted by Gasteiger charge is 2.31. The summed E-state index contributed by atoms with van der Waals surface area (Å²) in [5, 5.41) is 2.97. The highest BCUT2D eigenvalue weighted by Crippen LogP contribution is 2.34. The molecule has 1 aliphatic rings. The lowest BCUT2D eigenvalue weighted by molar-refractivity contribution is -0.120. The first kappa shape index (κ1) is 22.2. The summed E-state index contributed by atoms with van der Waals surface area (Å²) in [4.78, 5) is 23.0. The van der Waals surface area contributed by atoms with E-state index in [1.54, 1.807) is 0 Å². The minimum Gasteiger partial charge on any atom is -0.476 e. The van der Waals surface area contributed by atoms with Crippen LogP contribution >= 0.6 is 11.6 Å². The molecule has 0 spiro atoms. The summed E-state index contributed by atoms with van der Waals surface area (Å²) in [7, 11) is 0. The molecule has 1 N–H and O–H groups in total. The van der Waals surface area contributed by atoms with E-state index in [1.807, 2.05) is 6.92 Å². The maximum Gasteiger partial charge on any atom is 0.240 e. The number of halogens is 2. The number of carbonyl (C=O) groups is 1. The normalized spacial score (nSPS) is 18.9. The molecule has 0 unspecified atom stereocenters. The van der Waals surface area contributed by atoms with E-state index in [0.717, 1.165) is 19.0 Å². The van der Waals surface area contributed by atoms with Gasteiger partial charge >= 0.3 is 0 Å². The number of nitrogens with one attached hydrogen (secondary N) is 1. The third-order valence-electron chi connectivity index (χ3n) is 4.55. The quantitative estimate of drug-likeness (QED) is 0.609. The SMILES string of the molecule is CC(=O)N[C@@H](C)COC1CC(COc2ncnc(OCc3ccc(F)cn3)c2Cl)C1. The van der Waals surface area contributed by atoms with Gasteiger partial charge in [0, 0.05) is 13.0 Å². The van der Waals surface area contributed by atoms with E-state index < -0.39 is 5.82 Å². The molecule has 0 aliphatic heterocycles.